The number of hydrogen-bond acceptors (Lipinski definition) is 1. The lowest BCUT2D eigenvalue weighted by Crippen LogP contribution is -2.37. The molecule has 15 heavy (non-hydrogen) atoms. The van der Waals surface area contributed by atoms with Crippen molar-refractivity contribution in [1.29, 1.82) is 0 Å². The minimum Gasteiger partial charge on any atom is -0.311 e. The Morgan fingerprint density at radius 3 is 2.13 bits per heavy atom. The van der Waals surface area contributed by atoms with Gasteiger partial charge in [0.15, 0.2) is 0 Å². The molecule has 0 aliphatic rings. The van der Waals surface area contributed by atoms with E-state index in [0.29, 0.717) is 0 Å². The molecule has 0 aliphatic carbocycles. The summed E-state index contributed by atoms with van der Waals surface area (Å²) < 4.78 is 36.1. The van der Waals surface area contributed by atoms with E-state index >= 15 is 0 Å². The highest BCUT2D eigenvalue weighted by Gasteiger charge is 2.30. The van der Waals surface area contributed by atoms with E-state index in [2.05, 4.69) is 12.2 Å². The first-order chi connectivity index (χ1) is 6.85. The third-order valence-electron chi connectivity index (χ3n) is 2.35. The summed E-state index contributed by atoms with van der Waals surface area (Å²) in [5, 5.41) is 2.98. The van der Waals surface area contributed by atoms with Gasteiger partial charge in [-0.3, -0.25) is 0 Å². The van der Waals surface area contributed by atoms with E-state index in [4.69, 9.17) is 0 Å². The molecule has 0 aromatic rings. The van der Waals surface area contributed by atoms with Gasteiger partial charge < -0.3 is 5.32 Å². The van der Waals surface area contributed by atoms with E-state index < -0.39 is 18.6 Å². The average Bonchev–Trinajstić information content (AvgIpc) is 2.00. The highest BCUT2D eigenvalue weighted by Crippen LogP contribution is 2.21. The van der Waals surface area contributed by atoms with Gasteiger partial charge in [-0.1, -0.05) is 26.2 Å². The van der Waals surface area contributed by atoms with Crippen LogP contribution in [0.1, 0.15) is 52.9 Å². The van der Waals surface area contributed by atoms with Crippen LogP contribution in [-0.2, 0) is 0 Å². The van der Waals surface area contributed by atoms with Gasteiger partial charge in [0.05, 0.1) is 6.42 Å². The Balaban J connectivity index is 3.62. The smallest absolute Gasteiger partial charge is 0.311 e. The van der Waals surface area contributed by atoms with Crippen molar-refractivity contribution in [2.75, 3.05) is 0 Å². The maximum atomic E-state index is 12.0. The first-order valence-electron chi connectivity index (χ1n) is 5.68. The highest BCUT2D eigenvalue weighted by molar-refractivity contribution is 4.70. The zero-order valence-electron chi connectivity index (χ0n) is 9.82. The van der Waals surface area contributed by atoms with Crippen LogP contribution in [-0.4, -0.2) is 18.3 Å². The first kappa shape index (κ1) is 14.8. The van der Waals surface area contributed by atoms with Crippen LogP contribution in [0.25, 0.3) is 0 Å². The Kier molecular flexibility index (Phi) is 6.98. The summed E-state index contributed by atoms with van der Waals surface area (Å²) in [7, 11) is 0. The van der Waals surface area contributed by atoms with E-state index in [1.165, 1.54) is 0 Å². The molecule has 0 radical (unpaired) electrons. The van der Waals surface area contributed by atoms with Crippen molar-refractivity contribution in [3.05, 3.63) is 0 Å². The first-order valence-corrected chi connectivity index (χ1v) is 5.68. The van der Waals surface area contributed by atoms with Crippen LogP contribution in [0.3, 0.4) is 0 Å². The fourth-order valence-corrected chi connectivity index (χ4v) is 1.68. The summed E-state index contributed by atoms with van der Waals surface area (Å²) in [6.07, 6.45) is -0.468. The largest absolute Gasteiger partial charge is 0.390 e. The van der Waals surface area contributed by atoms with E-state index in [9.17, 15) is 13.2 Å². The van der Waals surface area contributed by atoms with Crippen LogP contribution < -0.4 is 5.32 Å². The Hall–Kier alpha value is -0.250. The van der Waals surface area contributed by atoms with Gasteiger partial charge >= 0.3 is 6.18 Å². The van der Waals surface area contributed by atoms with Crippen LogP contribution in [0, 0.1) is 0 Å². The standard InChI is InChI=1S/C11H22F3N/c1-4-5-6-7-9(2)15-10(3)8-11(12,13)14/h9-10,15H,4-8H2,1-3H3. The lowest BCUT2D eigenvalue weighted by atomic mass is 10.1. The summed E-state index contributed by atoms with van der Waals surface area (Å²) in [5.74, 6) is 0. The number of hydrogen-bond donors (Lipinski definition) is 1. The second-order valence-corrected chi connectivity index (χ2v) is 4.28. The number of nitrogens with one attached hydrogen (secondary N) is 1. The zero-order valence-corrected chi connectivity index (χ0v) is 9.82. The predicted molar refractivity (Wildman–Crippen MR) is 56.9 cm³/mol. The molecule has 2 unspecified atom stereocenters. The molecule has 0 spiro atoms. The second-order valence-electron chi connectivity index (χ2n) is 4.28. The topological polar surface area (TPSA) is 12.0 Å². The molecule has 0 aromatic carbocycles. The minimum absolute atomic E-state index is 0.175. The molecule has 0 rings (SSSR count). The number of unbranched alkanes of at least 4 members (excludes halogenated alkanes) is 2. The number of alkyl halides is 3. The molecule has 2 atom stereocenters. The molecule has 0 bridgehead atoms. The fourth-order valence-electron chi connectivity index (χ4n) is 1.68. The van der Waals surface area contributed by atoms with E-state index in [-0.39, 0.29) is 6.04 Å². The molecule has 0 aromatic heterocycles. The van der Waals surface area contributed by atoms with Gasteiger partial charge in [0.2, 0.25) is 0 Å². The number of halogens is 3. The third kappa shape index (κ3) is 10.0. The molecule has 0 heterocycles. The predicted octanol–water partition coefficient (Wildman–Crippen LogP) is 3.89. The molecule has 0 saturated carbocycles. The van der Waals surface area contributed by atoms with E-state index in [0.717, 1.165) is 25.7 Å². The van der Waals surface area contributed by atoms with E-state index in [1.807, 2.05) is 6.92 Å². The quantitative estimate of drug-likeness (QED) is 0.648. The monoisotopic (exact) mass is 225 g/mol. The molecule has 0 saturated heterocycles. The molecular weight excluding hydrogens is 203 g/mol. The molecular formula is C11H22F3N. The van der Waals surface area contributed by atoms with Crippen LogP contribution in [0.2, 0.25) is 0 Å². The van der Waals surface area contributed by atoms with Crippen LogP contribution in [0.5, 0.6) is 0 Å². The third-order valence-corrected chi connectivity index (χ3v) is 2.35. The minimum atomic E-state index is -4.06. The van der Waals surface area contributed by atoms with Crippen LogP contribution >= 0.6 is 0 Å². The highest BCUT2D eigenvalue weighted by atomic mass is 19.4. The SMILES string of the molecule is CCCCCC(C)NC(C)CC(F)(F)F. The Bertz CT molecular complexity index is 156. The van der Waals surface area contributed by atoms with Gasteiger partial charge in [0, 0.05) is 12.1 Å². The Labute approximate surface area is 90.4 Å². The molecule has 92 valence electrons. The normalized spacial score (nSPS) is 16.4. The van der Waals surface area contributed by atoms with E-state index in [1.54, 1.807) is 6.92 Å². The van der Waals surface area contributed by atoms with Gasteiger partial charge in [0.25, 0.3) is 0 Å². The number of rotatable bonds is 7. The van der Waals surface area contributed by atoms with Gasteiger partial charge in [0.1, 0.15) is 0 Å². The van der Waals surface area contributed by atoms with Crippen molar-refractivity contribution < 1.29 is 13.2 Å². The maximum absolute atomic E-state index is 12.0. The van der Waals surface area contributed by atoms with Crippen molar-refractivity contribution >= 4 is 0 Å². The molecule has 1 N–H and O–H groups in total. The lowest BCUT2D eigenvalue weighted by molar-refractivity contribution is -0.139. The average molecular weight is 225 g/mol. The maximum Gasteiger partial charge on any atom is 0.390 e. The second kappa shape index (κ2) is 7.09. The van der Waals surface area contributed by atoms with Crippen molar-refractivity contribution in [1.82, 2.24) is 5.32 Å². The molecule has 1 nitrogen and oxygen atoms in total. The van der Waals surface area contributed by atoms with Crippen molar-refractivity contribution in [2.24, 2.45) is 0 Å². The van der Waals surface area contributed by atoms with Gasteiger partial charge in [-0.05, 0) is 20.3 Å². The lowest BCUT2D eigenvalue weighted by Gasteiger charge is -2.21. The summed E-state index contributed by atoms with van der Waals surface area (Å²) >= 11 is 0. The summed E-state index contributed by atoms with van der Waals surface area (Å²) in [4.78, 5) is 0. The summed E-state index contributed by atoms with van der Waals surface area (Å²) in [6.45, 7) is 5.65. The van der Waals surface area contributed by atoms with Gasteiger partial charge in [-0.15, -0.1) is 0 Å². The van der Waals surface area contributed by atoms with Crippen LogP contribution in [0.4, 0.5) is 13.2 Å². The Morgan fingerprint density at radius 2 is 1.67 bits per heavy atom. The van der Waals surface area contributed by atoms with Crippen molar-refractivity contribution in [3.63, 3.8) is 0 Å². The fraction of sp³-hybridized carbons (Fsp3) is 1.00. The molecule has 4 heteroatoms. The molecule has 0 amide bonds. The van der Waals surface area contributed by atoms with Crippen molar-refractivity contribution in [2.45, 2.75) is 71.1 Å². The van der Waals surface area contributed by atoms with Crippen LogP contribution in [0.15, 0.2) is 0 Å². The summed E-state index contributed by atoms with van der Waals surface area (Å²) in [6, 6.07) is -0.310. The molecule has 0 fully saturated rings. The zero-order chi connectivity index (χ0) is 11.9. The molecule has 0 aliphatic heterocycles. The van der Waals surface area contributed by atoms with Gasteiger partial charge in [-0.25, -0.2) is 0 Å². The van der Waals surface area contributed by atoms with Gasteiger partial charge in [-0.2, -0.15) is 13.2 Å². The summed E-state index contributed by atoms with van der Waals surface area (Å²) in [5.41, 5.74) is 0. The Morgan fingerprint density at radius 1 is 1.07 bits per heavy atom. The van der Waals surface area contributed by atoms with Crippen molar-refractivity contribution in [3.8, 4) is 0 Å².